The lowest BCUT2D eigenvalue weighted by Crippen LogP contribution is -2.48. The zero-order valence-corrected chi connectivity index (χ0v) is 17.7. The van der Waals surface area contributed by atoms with Crippen LogP contribution in [0.5, 0.6) is 0 Å². The molecule has 1 fully saturated rings. The van der Waals surface area contributed by atoms with Crippen molar-refractivity contribution >= 4 is 15.9 Å². The summed E-state index contributed by atoms with van der Waals surface area (Å²) in [6.45, 7) is 1.70. The van der Waals surface area contributed by atoms with Crippen molar-refractivity contribution in [2.45, 2.75) is 24.3 Å². The molecule has 7 heteroatoms. The molecule has 156 valence electrons. The molecule has 2 aromatic carbocycles. The van der Waals surface area contributed by atoms with Gasteiger partial charge in [-0.2, -0.15) is 4.31 Å². The van der Waals surface area contributed by atoms with Crippen molar-refractivity contribution in [2.24, 2.45) is 0 Å². The van der Waals surface area contributed by atoms with E-state index in [1.807, 2.05) is 24.3 Å². The first-order valence-electron chi connectivity index (χ1n) is 9.72. The van der Waals surface area contributed by atoms with Crippen LogP contribution >= 0.6 is 0 Å². The van der Waals surface area contributed by atoms with Crippen LogP contribution in [0, 0.1) is 0 Å². The van der Waals surface area contributed by atoms with Gasteiger partial charge in [-0.25, -0.2) is 8.42 Å². The van der Waals surface area contributed by atoms with Crippen molar-refractivity contribution in [1.29, 1.82) is 0 Å². The van der Waals surface area contributed by atoms with E-state index in [4.69, 9.17) is 4.74 Å². The second kappa shape index (κ2) is 9.07. The molecule has 6 nitrogen and oxygen atoms in total. The highest BCUT2D eigenvalue weighted by molar-refractivity contribution is 7.88. The van der Waals surface area contributed by atoms with Gasteiger partial charge in [-0.1, -0.05) is 60.7 Å². The fourth-order valence-corrected chi connectivity index (χ4v) is 4.43. The second-order valence-corrected chi connectivity index (χ2v) is 9.61. The molecular formula is C22H28N2O4S. The molecule has 0 spiro atoms. The van der Waals surface area contributed by atoms with Crippen LogP contribution in [0.15, 0.2) is 60.7 Å². The van der Waals surface area contributed by atoms with Crippen molar-refractivity contribution < 1.29 is 17.9 Å². The molecule has 1 N–H and O–H groups in total. The van der Waals surface area contributed by atoms with Gasteiger partial charge in [0.25, 0.3) is 0 Å². The topological polar surface area (TPSA) is 75.7 Å². The summed E-state index contributed by atoms with van der Waals surface area (Å²) in [5.74, 6) is -0.328. The highest BCUT2D eigenvalue weighted by Crippen LogP contribution is 2.34. The Labute approximate surface area is 172 Å². The SMILES string of the molecule is CN([C@H](C(=O)NCC1(c2ccccc2)CCOCC1)c1ccccc1)S(C)(=O)=O. The summed E-state index contributed by atoms with van der Waals surface area (Å²) in [5, 5.41) is 3.04. The molecule has 0 bridgehead atoms. The number of nitrogens with one attached hydrogen (secondary N) is 1. The minimum atomic E-state index is -3.55. The number of carbonyl (C=O) groups excluding carboxylic acids is 1. The number of benzene rings is 2. The monoisotopic (exact) mass is 416 g/mol. The third-order valence-corrected chi connectivity index (χ3v) is 6.94. The van der Waals surface area contributed by atoms with Gasteiger partial charge in [0.2, 0.25) is 15.9 Å². The van der Waals surface area contributed by atoms with E-state index < -0.39 is 16.1 Å². The van der Waals surface area contributed by atoms with Crippen molar-refractivity contribution in [1.82, 2.24) is 9.62 Å². The van der Waals surface area contributed by atoms with E-state index >= 15 is 0 Å². The highest BCUT2D eigenvalue weighted by Gasteiger charge is 2.37. The Kier molecular flexibility index (Phi) is 6.72. The maximum Gasteiger partial charge on any atom is 0.243 e. The van der Waals surface area contributed by atoms with Crippen LogP contribution in [0.2, 0.25) is 0 Å². The smallest absolute Gasteiger partial charge is 0.243 e. The molecule has 1 saturated heterocycles. The highest BCUT2D eigenvalue weighted by atomic mass is 32.2. The van der Waals surface area contributed by atoms with Crippen molar-refractivity contribution in [3.05, 3.63) is 71.8 Å². The number of ether oxygens (including phenoxy) is 1. The van der Waals surface area contributed by atoms with E-state index in [0.29, 0.717) is 25.3 Å². The van der Waals surface area contributed by atoms with E-state index in [9.17, 15) is 13.2 Å². The molecule has 0 aromatic heterocycles. The second-order valence-electron chi connectivity index (χ2n) is 7.57. The van der Waals surface area contributed by atoms with Gasteiger partial charge in [-0.05, 0) is 24.0 Å². The van der Waals surface area contributed by atoms with Gasteiger partial charge in [0.15, 0.2) is 0 Å². The minimum absolute atomic E-state index is 0.222. The lowest BCUT2D eigenvalue weighted by molar-refractivity contribution is -0.125. The Bertz CT molecular complexity index is 910. The molecule has 1 amide bonds. The van der Waals surface area contributed by atoms with Crippen LogP contribution < -0.4 is 5.32 Å². The number of likely N-dealkylation sites (N-methyl/N-ethyl adjacent to an activating group) is 1. The summed E-state index contributed by atoms with van der Waals surface area (Å²) in [4.78, 5) is 13.2. The Morgan fingerprint density at radius 2 is 1.62 bits per heavy atom. The zero-order chi connectivity index (χ0) is 20.9. The number of sulfonamides is 1. The van der Waals surface area contributed by atoms with Gasteiger partial charge in [-0.3, -0.25) is 4.79 Å². The number of rotatable bonds is 7. The molecule has 1 aliphatic heterocycles. The average molecular weight is 417 g/mol. The first-order chi connectivity index (χ1) is 13.8. The third-order valence-electron chi connectivity index (χ3n) is 5.69. The first kappa shape index (κ1) is 21.5. The minimum Gasteiger partial charge on any atom is -0.381 e. The van der Waals surface area contributed by atoms with Gasteiger partial charge in [0, 0.05) is 32.2 Å². The average Bonchev–Trinajstić information content (AvgIpc) is 2.74. The van der Waals surface area contributed by atoms with Crippen molar-refractivity contribution in [3.8, 4) is 0 Å². The molecule has 29 heavy (non-hydrogen) atoms. The molecule has 0 unspecified atom stereocenters. The van der Waals surface area contributed by atoms with Crippen LogP contribution in [-0.4, -0.2) is 51.7 Å². The molecule has 1 heterocycles. The molecule has 0 saturated carbocycles. The van der Waals surface area contributed by atoms with E-state index in [0.717, 1.165) is 29.0 Å². The maximum atomic E-state index is 13.2. The van der Waals surface area contributed by atoms with Crippen LogP contribution in [-0.2, 0) is 25.0 Å². The van der Waals surface area contributed by atoms with E-state index in [1.54, 1.807) is 24.3 Å². The third kappa shape index (κ3) is 5.04. The molecule has 0 radical (unpaired) electrons. The number of hydrogen-bond donors (Lipinski definition) is 1. The maximum absolute atomic E-state index is 13.2. The summed E-state index contributed by atoms with van der Waals surface area (Å²) < 4.78 is 31.0. The normalized spacial score (nSPS) is 17.6. The quantitative estimate of drug-likeness (QED) is 0.752. The van der Waals surface area contributed by atoms with E-state index in [-0.39, 0.29) is 11.3 Å². The Morgan fingerprint density at radius 1 is 1.07 bits per heavy atom. The van der Waals surface area contributed by atoms with Crippen LogP contribution in [0.1, 0.15) is 30.0 Å². The molecule has 1 atom stereocenters. The zero-order valence-electron chi connectivity index (χ0n) is 16.9. The molecule has 3 rings (SSSR count). The summed E-state index contributed by atoms with van der Waals surface area (Å²) in [5.41, 5.74) is 1.58. The van der Waals surface area contributed by atoms with Gasteiger partial charge >= 0.3 is 0 Å². The van der Waals surface area contributed by atoms with Gasteiger partial charge in [0.1, 0.15) is 6.04 Å². The van der Waals surface area contributed by atoms with Crippen LogP contribution in [0.25, 0.3) is 0 Å². The van der Waals surface area contributed by atoms with Gasteiger partial charge in [0.05, 0.1) is 6.26 Å². The van der Waals surface area contributed by atoms with Crippen LogP contribution in [0.3, 0.4) is 0 Å². The number of carbonyl (C=O) groups is 1. The number of amides is 1. The standard InChI is InChI=1S/C22H28N2O4S/c1-24(29(2,26)27)20(18-9-5-3-6-10-18)21(25)23-17-22(13-15-28-16-14-22)19-11-7-4-8-12-19/h3-12,20H,13-17H2,1-2H3,(H,23,25)/t20-/m0/s1. The molecule has 2 aromatic rings. The van der Waals surface area contributed by atoms with Gasteiger partial charge < -0.3 is 10.1 Å². The lowest BCUT2D eigenvalue weighted by atomic mass is 9.74. The Hall–Kier alpha value is -2.22. The van der Waals surface area contributed by atoms with Gasteiger partial charge in [-0.15, -0.1) is 0 Å². The first-order valence-corrected chi connectivity index (χ1v) is 11.6. The summed E-state index contributed by atoms with van der Waals surface area (Å²) in [6, 6.07) is 18.2. The van der Waals surface area contributed by atoms with Crippen molar-refractivity contribution in [3.63, 3.8) is 0 Å². The fourth-order valence-electron chi connectivity index (χ4n) is 3.83. The fraction of sp³-hybridized carbons (Fsp3) is 0.409. The number of nitrogens with zero attached hydrogens (tertiary/aromatic N) is 1. The summed E-state index contributed by atoms with van der Waals surface area (Å²) in [6.07, 6.45) is 2.71. The van der Waals surface area contributed by atoms with Crippen LogP contribution in [0.4, 0.5) is 0 Å². The number of hydrogen-bond acceptors (Lipinski definition) is 4. The summed E-state index contributed by atoms with van der Waals surface area (Å²) in [7, 11) is -2.11. The lowest BCUT2D eigenvalue weighted by Gasteiger charge is -2.38. The predicted octanol–water partition coefficient (Wildman–Crippen LogP) is 2.48. The van der Waals surface area contributed by atoms with E-state index in [2.05, 4.69) is 17.4 Å². The Morgan fingerprint density at radius 3 is 2.17 bits per heavy atom. The largest absolute Gasteiger partial charge is 0.381 e. The summed E-state index contributed by atoms with van der Waals surface area (Å²) >= 11 is 0. The molecular weight excluding hydrogens is 388 g/mol. The van der Waals surface area contributed by atoms with Crippen molar-refractivity contribution in [2.75, 3.05) is 33.1 Å². The van der Waals surface area contributed by atoms with E-state index in [1.165, 1.54) is 7.05 Å². The predicted molar refractivity (Wildman–Crippen MR) is 113 cm³/mol. The molecule has 0 aliphatic carbocycles. The Balaban J connectivity index is 1.85. The molecule has 1 aliphatic rings.